The molecule has 5 nitrogen and oxygen atoms in total. The van der Waals surface area contributed by atoms with E-state index < -0.39 is 0 Å². The quantitative estimate of drug-likeness (QED) is 0.738. The second kappa shape index (κ2) is 4.25. The molecule has 1 fully saturated rings. The average Bonchev–Trinajstić information content (AvgIpc) is 2.39. The Hall–Kier alpha value is -1.75. The van der Waals surface area contributed by atoms with Crippen LogP contribution in [0, 0.1) is 0 Å². The van der Waals surface area contributed by atoms with Crippen molar-refractivity contribution in [2.75, 3.05) is 43.0 Å². The Bertz CT molecular complexity index is 441. The van der Waals surface area contributed by atoms with Crippen molar-refractivity contribution in [2.24, 2.45) is 0 Å². The minimum absolute atomic E-state index is 0.0880. The summed E-state index contributed by atoms with van der Waals surface area (Å²) >= 11 is 0. The van der Waals surface area contributed by atoms with E-state index in [0.29, 0.717) is 0 Å². The number of hydrogen-bond donors (Lipinski definition) is 2. The fourth-order valence-electron chi connectivity index (χ4n) is 2.19. The number of benzene rings is 1. The molecule has 0 aromatic heterocycles. The van der Waals surface area contributed by atoms with E-state index in [1.165, 1.54) is 0 Å². The molecule has 2 heterocycles. The van der Waals surface area contributed by atoms with Crippen LogP contribution in [-0.2, 0) is 4.79 Å². The van der Waals surface area contributed by atoms with Gasteiger partial charge in [0, 0.05) is 31.9 Å². The maximum Gasteiger partial charge on any atom is 0.262 e. The lowest BCUT2D eigenvalue weighted by Crippen LogP contribution is -2.43. The number of amides is 1. The first-order chi connectivity index (χ1) is 8.33. The van der Waals surface area contributed by atoms with Crippen molar-refractivity contribution in [1.82, 2.24) is 5.32 Å². The number of anilines is 2. The minimum atomic E-state index is -0.0880. The highest BCUT2D eigenvalue weighted by Gasteiger charge is 2.18. The lowest BCUT2D eigenvalue weighted by molar-refractivity contribution is -0.118. The molecule has 2 aliphatic heterocycles. The fourth-order valence-corrected chi connectivity index (χ4v) is 2.19. The van der Waals surface area contributed by atoms with Gasteiger partial charge >= 0.3 is 0 Å². The van der Waals surface area contributed by atoms with Crippen molar-refractivity contribution >= 4 is 17.3 Å². The van der Waals surface area contributed by atoms with Gasteiger partial charge in [-0.1, -0.05) is 0 Å². The first-order valence-electron chi connectivity index (χ1n) is 5.85. The average molecular weight is 233 g/mol. The van der Waals surface area contributed by atoms with E-state index in [-0.39, 0.29) is 12.5 Å². The third-order valence-corrected chi connectivity index (χ3v) is 3.08. The second-order valence-electron chi connectivity index (χ2n) is 4.25. The maximum atomic E-state index is 11.3. The van der Waals surface area contributed by atoms with E-state index in [1.807, 2.05) is 18.2 Å². The zero-order chi connectivity index (χ0) is 11.7. The second-order valence-corrected chi connectivity index (χ2v) is 4.25. The summed E-state index contributed by atoms with van der Waals surface area (Å²) in [4.78, 5) is 13.6. The Morgan fingerprint density at radius 3 is 2.88 bits per heavy atom. The number of ether oxygens (including phenoxy) is 1. The van der Waals surface area contributed by atoms with Crippen LogP contribution in [0.15, 0.2) is 18.2 Å². The highest BCUT2D eigenvalue weighted by Crippen LogP contribution is 2.31. The predicted molar refractivity (Wildman–Crippen MR) is 65.6 cm³/mol. The molecule has 1 amide bonds. The molecule has 1 aromatic rings. The lowest BCUT2D eigenvalue weighted by Gasteiger charge is -2.30. The summed E-state index contributed by atoms with van der Waals surface area (Å²) in [5.41, 5.74) is 1.91. The zero-order valence-electron chi connectivity index (χ0n) is 9.53. The highest BCUT2D eigenvalue weighted by atomic mass is 16.5. The maximum absolute atomic E-state index is 11.3. The van der Waals surface area contributed by atoms with E-state index in [9.17, 15) is 4.79 Å². The molecule has 3 rings (SSSR count). The molecule has 90 valence electrons. The third kappa shape index (κ3) is 2.06. The van der Waals surface area contributed by atoms with Crippen LogP contribution >= 0.6 is 0 Å². The van der Waals surface area contributed by atoms with E-state index in [2.05, 4.69) is 15.5 Å². The molecule has 0 bridgehead atoms. The number of rotatable bonds is 1. The monoisotopic (exact) mass is 233 g/mol. The Kier molecular flexibility index (Phi) is 2.60. The highest BCUT2D eigenvalue weighted by molar-refractivity contribution is 5.96. The van der Waals surface area contributed by atoms with Crippen molar-refractivity contribution < 1.29 is 9.53 Å². The molecule has 0 aliphatic carbocycles. The largest absolute Gasteiger partial charge is 0.482 e. The SMILES string of the molecule is O=C1COc2ccc(N3CCNCC3)cc2N1. The van der Waals surface area contributed by atoms with Crippen molar-refractivity contribution in [3.63, 3.8) is 0 Å². The summed E-state index contributed by atoms with van der Waals surface area (Å²) in [5.74, 6) is 0.665. The van der Waals surface area contributed by atoms with Gasteiger partial charge in [0.05, 0.1) is 5.69 Å². The van der Waals surface area contributed by atoms with Crippen LogP contribution in [0.4, 0.5) is 11.4 Å². The van der Waals surface area contributed by atoms with Crippen LogP contribution in [0.5, 0.6) is 5.75 Å². The summed E-state index contributed by atoms with van der Waals surface area (Å²) in [6.45, 7) is 4.10. The molecule has 1 aromatic carbocycles. The smallest absolute Gasteiger partial charge is 0.262 e. The van der Waals surface area contributed by atoms with Gasteiger partial charge in [0.25, 0.3) is 5.91 Å². The minimum Gasteiger partial charge on any atom is -0.482 e. The van der Waals surface area contributed by atoms with Crippen molar-refractivity contribution in [3.8, 4) is 5.75 Å². The number of nitrogens with one attached hydrogen (secondary N) is 2. The summed E-state index contributed by atoms with van der Waals surface area (Å²) in [6.07, 6.45) is 0. The zero-order valence-corrected chi connectivity index (χ0v) is 9.53. The molecule has 2 N–H and O–H groups in total. The van der Waals surface area contributed by atoms with E-state index in [4.69, 9.17) is 4.74 Å². The molecule has 0 spiro atoms. The first-order valence-corrected chi connectivity index (χ1v) is 5.85. The third-order valence-electron chi connectivity index (χ3n) is 3.08. The van der Waals surface area contributed by atoms with Gasteiger partial charge < -0.3 is 20.3 Å². The summed E-state index contributed by atoms with van der Waals surface area (Å²) in [6, 6.07) is 5.95. The normalized spacial score (nSPS) is 19.3. The standard InChI is InChI=1S/C12H15N3O2/c16-12-8-17-11-2-1-9(7-10(11)14-12)15-5-3-13-4-6-15/h1-2,7,13H,3-6,8H2,(H,14,16). The van der Waals surface area contributed by atoms with Crippen LogP contribution in [0.1, 0.15) is 0 Å². The molecule has 0 unspecified atom stereocenters. The number of nitrogens with zero attached hydrogens (tertiary/aromatic N) is 1. The molecular weight excluding hydrogens is 218 g/mol. The predicted octanol–water partition coefficient (Wildman–Crippen LogP) is 0.427. The Morgan fingerprint density at radius 1 is 1.24 bits per heavy atom. The molecule has 0 saturated carbocycles. The summed E-state index contributed by atoms with van der Waals surface area (Å²) in [7, 11) is 0. The van der Waals surface area contributed by atoms with Crippen LogP contribution in [0.25, 0.3) is 0 Å². The van der Waals surface area contributed by atoms with Crippen molar-refractivity contribution in [2.45, 2.75) is 0 Å². The van der Waals surface area contributed by atoms with Crippen molar-refractivity contribution in [3.05, 3.63) is 18.2 Å². The lowest BCUT2D eigenvalue weighted by atomic mass is 10.2. The Morgan fingerprint density at radius 2 is 2.06 bits per heavy atom. The molecule has 1 saturated heterocycles. The van der Waals surface area contributed by atoms with Gasteiger partial charge in [-0.2, -0.15) is 0 Å². The van der Waals surface area contributed by atoms with Gasteiger partial charge in [-0.25, -0.2) is 0 Å². The van der Waals surface area contributed by atoms with Crippen LogP contribution < -0.4 is 20.3 Å². The Balaban J connectivity index is 1.86. The van der Waals surface area contributed by atoms with Gasteiger partial charge in [-0.3, -0.25) is 4.79 Å². The molecule has 2 aliphatic rings. The molecule has 0 atom stereocenters. The number of hydrogen-bond acceptors (Lipinski definition) is 4. The molecule has 0 radical (unpaired) electrons. The molecule has 17 heavy (non-hydrogen) atoms. The van der Waals surface area contributed by atoms with Gasteiger partial charge in [0.15, 0.2) is 6.61 Å². The number of carbonyl (C=O) groups is 1. The van der Waals surface area contributed by atoms with Crippen molar-refractivity contribution in [1.29, 1.82) is 0 Å². The first kappa shape index (κ1) is 10.4. The Labute approximate surface area is 99.7 Å². The topological polar surface area (TPSA) is 53.6 Å². The van der Waals surface area contributed by atoms with E-state index >= 15 is 0 Å². The van der Waals surface area contributed by atoms with Crippen LogP contribution in [0.3, 0.4) is 0 Å². The summed E-state index contributed by atoms with van der Waals surface area (Å²) < 4.78 is 5.34. The van der Waals surface area contributed by atoms with Gasteiger partial charge in [-0.15, -0.1) is 0 Å². The van der Waals surface area contributed by atoms with Gasteiger partial charge in [-0.05, 0) is 18.2 Å². The van der Waals surface area contributed by atoms with E-state index in [0.717, 1.165) is 43.3 Å². The number of carbonyl (C=O) groups excluding carboxylic acids is 1. The summed E-state index contributed by atoms with van der Waals surface area (Å²) in [5, 5.41) is 6.15. The van der Waals surface area contributed by atoms with Gasteiger partial charge in [0.1, 0.15) is 5.75 Å². The van der Waals surface area contributed by atoms with Gasteiger partial charge in [0.2, 0.25) is 0 Å². The molecule has 5 heteroatoms. The molecular formula is C12H15N3O2. The number of fused-ring (bicyclic) bond motifs is 1. The van der Waals surface area contributed by atoms with Crippen LogP contribution in [0.2, 0.25) is 0 Å². The van der Waals surface area contributed by atoms with Crippen LogP contribution in [-0.4, -0.2) is 38.7 Å². The number of piperazine rings is 1. The van der Waals surface area contributed by atoms with E-state index in [1.54, 1.807) is 0 Å². The fraction of sp³-hybridized carbons (Fsp3) is 0.417.